The monoisotopic (exact) mass is 189 g/mol. The van der Waals surface area contributed by atoms with Crippen molar-refractivity contribution < 1.29 is 4.79 Å². The number of nitrogens with one attached hydrogen (secondary N) is 1. The van der Waals surface area contributed by atoms with Gasteiger partial charge in [-0.15, -0.1) is 0 Å². The summed E-state index contributed by atoms with van der Waals surface area (Å²) in [6.45, 7) is 4.64. The largest absolute Gasteiger partial charge is 0.356 e. The van der Waals surface area contributed by atoms with E-state index in [2.05, 4.69) is 17.4 Å². The Morgan fingerprint density at radius 2 is 2.43 bits per heavy atom. The molecule has 1 aromatic rings. The Morgan fingerprint density at radius 1 is 1.64 bits per heavy atom. The average Bonchev–Trinajstić information content (AvgIpc) is 2.19. The van der Waals surface area contributed by atoms with Gasteiger partial charge >= 0.3 is 0 Å². The summed E-state index contributed by atoms with van der Waals surface area (Å²) in [5, 5.41) is 2.79. The van der Waals surface area contributed by atoms with E-state index in [0.29, 0.717) is 13.0 Å². The van der Waals surface area contributed by atoms with E-state index < -0.39 is 0 Å². The molecule has 1 rings (SSSR count). The number of benzene rings is 1. The fourth-order valence-electron chi connectivity index (χ4n) is 1.32. The quantitative estimate of drug-likeness (QED) is 0.770. The molecule has 2 radical (unpaired) electrons. The number of carbonyl (C=O) groups is 1. The molecule has 1 amide bonds. The van der Waals surface area contributed by atoms with Crippen LogP contribution in [-0.2, 0) is 4.79 Å². The van der Waals surface area contributed by atoms with Crippen LogP contribution in [0.15, 0.2) is 18.2 Å². The summed E-state index contributed by atoms with van der Waals surface area (Å²) in [4.78, 5) is 11.3. The molecule has 0 saturated carbocycles. The second-order valence-electron chi connectivity index (χ2n) is 3.30. The Bertz CT molecular complexity index is 282. The van der Waals surface area contributed by atoms with E-state index >= 15 is 0 Å². The molecule has 74 valence electrons. The molecule has 2 heteroatoms. The lowest BCUT2D eigenvalue weighted by Crippen LogP contribution is -2.23. The lowest BCUT2D eigenvalue weighted by Gasteiger charge is -2.10. The maximum absolute atomic E-state index is 11.3. The number of hydrogen-bond donors (Lipinski definition) is 1. The second kappa shape index (κ2) is 5.43. The molecule has 0 bridgehead atoms. The lowest BCUT2D eigenvalue weighted by atomic mass is 9.98. The first-order valence-electron chi connectivity index (χ1n) is 4.88. The van der Waals surface area contributed by atoms with E-state index in [4.69, 9.17) is 0 Å². The minimum Gasteiger partial charge on any atom is -0.356 e. The molecule has 0 heterocycles. The summed E-state index contributed by atoms with van der Waals surface area (Å²) in [5.74, 6) is 0.317. The molecule has 0 aliphatic rings. The van der Waals surface area contributed by atoms with Crippen molar-refractivity contribution in [3.05, 3.63) is 35.9 Å². The minimum absolute atomic E-state index is 0.0984. The maximum atomic E-state index is 11.3. The Kier molecular flexibility index (Phi) is 4.17. The zero-order chi connectivity index (χ0) is 10.4. The molecule has 0 aromatic heterocycles. The van der Waals surface area contributed by atoms with Crippen molar-refractivity contribution in [3.8, 4) is 0 Å². The average molecular weight is 189 g/mol. The first-order valence-corrected chi connectivity index (χ1v) is 4.88. The van der Waals surface area contributed by atoms with Gasteiger partial charge in [-0.2, -0.15) is 0 Å². The third kappa shape index (κ3) is 3.21. The van der Waals surface area contributed by atoms with Crippen molar-refractivity contribution >= 4 is 5.91 Å². The highest BCUT2D eigenvalue weighted by atomic mass is 16.1. The topological polar surface area (TPSA) is 29.1 Å². The second-order valence-corrected chi connectivity index (χ2v) is 3.30. The van der Waals surface area contributed by atoms with Crippen LogP contribution < -0.4 is 5.32 Å². The van der Waals surface area contributed by atoms with Crippen molar-refractivity contribution in [2.75, 3.05) is 6.54 Å². The zero-order valence-corrected chi connectivity index (χ0v) is 8.63. The van der Waals surface area contributed by atoms with Crippen LogP contribution in [0.2, 0.25) is 0 Å². The molecule has 0 aliphatic carbocycles. The van der Waals surface area contributed by atoms with E-state index in [9.17, 15) is 4.79 Å². The van der Waals surface area contributed by atoms with Crippen molar-refractivity contribution in [3.63, 3.8) is 0 Å². The molecule has 14 heavy (non-hydrogen) atoms. The predicted molar refractivity (Wildman–Crippen MR) is 55.8 cm³/mol. The highest BCUT2D eigenvalue weighted by Crippen LogP contribution is 2.17. The molecule has 2 nitrogen and oxygen atoms in total. The summed E-state index contributed by atoms with van der Waals surface area (Å²) in [6, 6.07) is 11.5. The molecule has 0 aliphatic heterocycles. The van der Waals surface area contributed by atoms with Crippen LogP contribution in [-0.4, -0.2) is 12.5 Å². The predicted octanol–water partition coefficient (Wildman–Crippen LogP) is 1.92. The maximum Gasteiger partial charge on any atom is 0.220 e. The van der Waals surface area contributed by atoms with Gasteiger partial charge in [0, 0.05) is 13.0 Å². The molecule has 0 saturated heterocycles. The van der Waals surface area contributed by atoms with Crippen molar-refractivity contribution in [1.29, 1.82) is 0 Å². The Hall–Kier alpha value is -1.31. The number of carbonyl (C=O) groups excluding carboxylic acids is 1. The normalized spacial score (nSPS) is 12.1. The third-order valence-electron chi connectivity index (χ3n) is 2.08. The van der Waals surface area contributed by atoms with Crippen LogP contribution >= 0.6 is 0 Å². The molecule has 0 fully saturated rings. The number of rotatable bonds is 4. The molecule has 1 unspecified atom stereocenters. The van der Waals surface area contributed by atoms with Gasteiger partial charge in [-0.1, -0.05) is 19.1 Å². The zero-order valence-electron chi connectivity index (χ0n) is 8.63. The number of amides is 1. The van der Waals surface area contributed by atoms with Gasteiger partial charge in [-0.05, 0) is 36.6 Å². The fourth-order valence-corrected chi connectivity index (χ4v) is 1.32. The van der Waals surface area contributed by atoms with Gasteiger partial charge in [-0.25, -0.2) is 0 Å². The summed E-state index contributed by atoms with van der Waals surface area (Å²) in [7, 11) is 0. The van der Waals surface area contributed by atoms with Crippen LogP contribution in [0.5, 0.6) is 0 Å². The van der Waals surface area contributed by atoms with Gasteiger partial charge in [0.15, 0.2) is 0 Å². The summed E-state index contributed by atoms with van der Waals surface area (Å²) in [6.07, 6.45) is 0.522. The van der Waals surface area contributed by atoms with Gasteiger partial charge < -0.3 is 5.32 Å². The highest BCUT2D eigenvalue weighted by Gasteiger charge is 2.09. The summed E-state index contributed by atoms with van der Waals surface area (Å²) in [5.41, 5.74) is 1.06. The van der Waals surface area contributed by atoms with Crippen molar-refractivity contribution in [2.45, 2.75) is 26.2 Å². The van der Waals surface area contributed by atoms with E-state index in [0.717, 1.165) is 5.56 Å². The van der Waals surface area contributed by atoms with E-state index in [1.54, 1.807) is 6.07 Å². The van der Waals surface area contributed by atoms with Crippen LogP contribution in [0.4, 0.5) is 0 Å². The molecular weight excluding hydrogens is 174 g/mol. The minimum atomic E-state index is 0.0984. The van der Waals surface area contributed by atoms with Gasteiger partial charge in [0.2, 0.25) is 5.91 Å². The lowest BCUT2D eigenvalue weighted by molar-refractivity contribution is -0.121. The van der Waals surface area contributed by atoms with Crippen LogP contribution in [0.3, 0.4) is 0 Å². The first-order chi connectivity index (χ1) is 6.74. The standard InChI is InChI=1S/C12H15NO/c1-3-13-12(14)9-10(2)11-7-5-4-6-8-11/h5-7,10H,3,9H2,1-2H3,(H,13,14). The molecule has 1 aromatic carbocycles. The van der Waals surface area contributed by atoms with Crippen molar-refractivity contribution in [2.24, 2.45) is 0 Å². The SMILES string of the molecule is CCNC(=O)CC(C)c1[c]c[c]cc1. The Labute approximate surface area is 85.3 Å². The summed E-state index contributed by atoms with van der Waals surface area (Å²) >= 11 is 0. The van der Waals surface area contributed by atoms with E-state index in [1.807, 2.05) is 26.0 Å². The van der Waals surface area contributed by atoms with Crippen molar-refractivity contribution in [1.82, 2.24) is 5.32 Å². The van der Waals surface area contributed by atoms with Gasteiger partial charge in [0.1, 0.15) is 0 Å². The molecule has 1 atom stereocenters. The van der Waals surface area contributed by atoms with E-state index in [1.165, 1.54) is 0 Å². The number of hydrogen-bond acceptors (Lipinski definition) is 1. The molecular formula is C12H15NO. The summed E-state index contributed by atoms with van der Waals surface area (Å²) < 4.78 is 0. The van der Waals surface area contributed by atoms with Crippen LogP contribution in [0.1, 0.15) is 31.7 Å². The molecule has 1 N–H and O–H groups in total. The van der Waals surface area contributed by atoms with Gasteiger partial charge in [-0.3, -0.25) is 4.79 Å². The first kappa shape index (κ1) is 10.8. The Morgan fingerprint density at radius 3 is 3.00 bits per heavy atom. The highest BCUT2D eigenvalue weighted by molar-refractivity contribution is 5.76. The third-order valence-corrected chi connectivity index (χ3v) is 2.08. The smallest absolute Gasteiger partial charge is 0.220 e. The van der Waals surface area contributed by atoms with Crippen LogP contribution in [0.25, 0.3) is 0 Å². The van der Waals surface area contributed by atoms with Crippen LogP contribution in [0, 0.1) is 12.1 Å². The molecule has 0 spiro atoms. The van der Waals surface area contributed by atoms with Gasteiger partial charge in [0.25, 0.3) is 0 Å². The van der Waals surface area contributed by atoms with E-state index in [-0.39, 0.29) is 11.8 Å². The van der Waals surface area contributed by atoms with Gasteiger partial charge in [0.05, 0.1) is 0 Å². The fraction of sp³-hybridized carbons (Fsp3) is 0.417. The Balaban J connectivity index is 2.50.